The molecular formula is C33H71N7O14. The topological polar surface area (TPSA) is 369 Å². The summed E-state index contributed by atoms with van der Waals surface area (Å²) in [6.07, 6.45) is -10.4. The Kier molecular flexibility index (Phi) is 29.4. The number of amides is 2. The number of hydrogen-bond acceptors (Lipinski definition) is 19. The van der Waals surface area contributed by atoms with Gasteiger partial charge in [-0.05, 0) is 71.1 Å². The molecule has 0 aromatic rings. The van der Waals surface area contributed by atoms with Crippen molar-refractivity contribution in [3.8, 4) is 0 Å². The fourth-order valence-electron chi connectivity index (χ4n) is 5.37. The molecule has 21 nitrogen and oxygen atoms in total. The lowest BCUT2D eigenvalue weighted by molar-refractivity contribution is -0.147. The largest absolute Gasteiger partial charge is 0.394 e. The van der Waals surface area contributed by atoms with E-state index in [1.807, 2.05) is 0 Å². The molecule has 0 aliphatic carbocycles. The van der Waals surface area contributed by atoms with E-state index in [2.05, 4.69) is 26.2 Å². The molecule has 19 N–H and O–H groups in total. The van der Waals surface area contributed by atoms with Crippen molar-refractivity contribution in [1.82, 2.24) is 26.2 Å². The first-order chi connectivity index (χ1) is 25.6. The van der Waals surface area contributed by atoms with Crippen molar-refractivity contribution < 1.29 is 70.5 Å². The lowest BCUT2D eigenvalue weighted by atomic mass is 10.0. The highest BCUT2D eigenvalue weighted by Gasteiger charge is 2.37. The molecule has 0 aromatic heterocycles. The average molecular weight is 790 g/mol. The average Bonchev–Trinajstić information content (AvgIpc) is 3.17. The van der Waals surface area contributed by atoms with Crippen LogP contribution in [0.3, 0.4) is 0 Å². The van der Waals surface area contributed by atoms with Crippen LogP contribution in [0.1, 0.15) is 51.4 Å². The molecule has 0 saturated carbocycles. The molecule has 0 heterocycles. The van der Waals surface area contributed by atoms with Gasteiger partial charge in [0.2, 0.25) is 5.91 Å². The normalized spacial score (nSPS) is 18.2. The van der Waals surface area contributed by atoms with Crippen molar-refractivity contribution in [3.05, 3.63) is 0 Å². The number of nitrogens with two attached hydrogens (primary N) is 2. The Hall–Kier alpha value is -1.74. The van der Waals surface area contributed by atoms with Crippen molar-refractivity contribution in [3.63, 3.8) is 0 Å². The molecule has 54 heavy (non-hydrogen) atoms. The van der Waals surface area contributed by atoms with E-state index in [1.165, 1.54) is 0 Å². The number of methoxy groups -OCH3 is 1. The second-order valence-corrected chi connectivity index (χ2v) is 13.4. The molecule has 0 spiro atoms. The van der Waals surface area contributed by atoms with Gasteiger partial charge in [-0.15, -0.1) is 0 Å². The Morgan fingerprint density at radius 1 is 0.685 bits per heavy atom. The summed E-state index contributed by atoms with van der Waals surface area (Å²) >= 11 is 0. The van der Waals surface area contributed by atoms with Crippen LogP contribution in [0, 0.1) is 0 Å². The third kappa shape index (κ3) is 21.0. The van der Waals surface area contributed by atoms with Gasteiger partial charge in [-0.2, -0.15) is 0 Å². The van der Waals surface area contributed by atoms with Gasteiger partial charge in [-0.3, -0.25) is 14.9 Å². The first-order valence-electron chi connectivity index (χ1n) is 18.7. The number of nitrogens with one attached hydrogen (secondary N) is 4. The van der Waals surface area contributed by atoms with Crippen molar-refractivity contribution in [1.29, 1.82) is 0 Å². The Labute approximate surface area is 317 Å². The van der Waals surface area contributed by atoms with Crippen LogP contribution in [-0.4, -0.2) is 219 Å². The summed E-state index contributed by atoms with van der Waals surface area (Å²) < 4.78 is 5.22. The molecule has 2 amide bonds. The standard InChI is InChI=1S/C33H71N7O14/c1-54-17-16-40(14-6-12-36-31(51)22(8-2-4-10-34)38-18-23(43)27(47)29(49)25(45)20-41)15-7-13-37-32(52)33(53,9-3-5-11-35)39-19-24(44)28(48)30(50)26(46)21-42/h22-30,38-39,41-50,53H,2-21,34-35H2,1H3,(H,36,51)(H,37,52)/t22-,23-,24-,25+,26+,27+,28+,29+,30+,33?/m0/s1. The van der Waals surface area contributed by atoms with E-state index in [4.69, 9.17) is 26.4 Å². The number of hydrogen-bond donors (Lipinski definition) is 17. The van der Waals surface area contributed by atoms with Crippen molar-refractivity contribution >= 4 is 11.8 Å². The molecule has 0 aliphatic heterocycles. The van der Waals surface area contributed by atoms with Crippen molar-refractivity contribution in [2.75, 3.05) is 85.8 Å². The molecule has 1 unspecified atom stereocenters. The number of nitrogens with zero attached hydrogens (tertiary/aromatic N) is 1. The molecule has 10 atom stereocenters. The second-order valence-electron chi connectivity index (χ2n) is 13.4. The third-order valence-corrected chi connectivity index (χ3v) is 8.96. The number of ether oxygens (including phenoxy) is 1. The minimum Gasteiger partial charge on any atom is -0.394 e. The van der Waals surface area contributed by atoms with Crippen LogP contribution in [0.5, 0.6) is 0 Å². The van der Waals surface area contributed by atoms with Crippen molar-refractivity contribution in [2.24, 2.45) is 11.5 Å². The highest BCUT2D eigenvalue weighted by Crippen LogP contribution is 2.14. The molecule has 0 rings (SSSR count). The summed E-state index contributed by atoms with van der Waals surface area (Å²) in [5, 5.41) is 120. The number of carbonyl (C=O) groups is 2. The molecule has 0 aliphatic rings. The van der Waals surface area contributed by atoms with Crippen LogP contribution in [0.25, 0.3) is 0 Å². The van der Waals surface area contributed by atoms with Crippen LogP contribution in [0.4, 0.5) is 0 Å². The minimum absolute atomic E-state index is 0.0732. The number of unbranched alkanes of at least 4 members (excludes halogenated alkanes) is 2. The number of rotatable bonds is 35. The number of aliphatic hydroxyl groups excluding tert-OH is 10. The van der Waals surface area contributed by atoms with Crippen LogP contribution >= 0.6 is 0 Å². The van der Waals surface area contributed by atoms with Gasteiger partial charge in [0.1, 0.15) is 36.6 Å². The zero-order chi connectivity index (χ0) is 41.1. The summed E-state index contributed by atoms with van der Waals surface area (Å²) in [5.41, 5.74) is 8.99. The van der Waals surface area contributed by atoms with E-state index in [0.29, 0.717) is 90.8 Å². The number of carbonyl (C=O) groups excluding carboxylic acids is 2. The maximum Gasteiger partial charge on any atom is 0.267 e. The third-order valence-electron chi connectivity index (χ3n) is 8.96. The molecule has 0 aromatic carbocycles. The first kappa shape index (κ1) is 52.3. The number of aliphatic hydroxyl groups is 11. The summed E-state index contributed by atoms with van der Waals surface area (Å²) in [4.78, 5) is 28.2. The molecular weight excluding hydrogens is 718 g/mol. The van der Waals surface area contributed by atoms with Gasteiger partial charge in [0.25, 0.3) is 5.91 Å². The molecule has 0 saturated heterocycles. The highest BCUT2D eigenvalue weighted by atomic mass is 16.5. The zero-order valence-corrected chi connectivity index (χ0v) is 31.6. The van der Waals surface area contributed by atoms with Crippen LogP contribution in [0.15, 0.2) is 0 Å². The second kappa shape index (κ2) is 30.4. The maximum atomic E-state index is 13.1. The maximum absolute atomic E-state index is 13.1. The monoisotopic (exact) mass is 790 g/mol. The lowest BCUT2D eigenvalue weighted by Crippen LogP contribution is -2.60. The highest BCUT2D eigenvalue weighted by molar-refractivity contribution is 5.84. The fraction of sp³-hybridized carbons (Fsp3) is 0.939. The summed E-state index contributed by atoms with van der Waals surface area (Å²) in [7, 11) is 1.56. The summed E-state index contributed by atoms with van der Waals surface area (Å²) in [5.74, 6) is -1.12. The van der Waals surface area contributed by atoms with E-state index in [0.717, 1.165) is 0 Å². The van der Waals surface area contributed by atoms with Gasteiger partial charge in [-0.1, -0.05) is 6.42 Å². The van der Waals surface area contributed by atoms with Gasteiger partial charge >= 0.3 is 0 Å². The van der Waals surface area contributed by atoms with Gasteiger partial charge in [0, 0.05) is 39.8 Å². The SMILES string of the molecule is COCCN(CCCNC(=O)[C@H](CCCCN)NC[C@H](O)[C@@H](O)[C@H](O)[C@H](O)CO)CCCNC(=O)C(O)(CCCCN)NC[C@H](O)[C@@H](O)[C@H](O)[C@H](O)CO. The first-order valence-corrected chi connectivity index (χ1v) is 18.7. The molecule has 21 heteroatoms. The van der Waals surface area contributed by atoms with Crippen LogP contribution in [-0.2, 0) is 14.3 Å². The molecule has 322 valence electrons. The Balaban J connectivity index is 5.10. The van der Waals surface area contributed by atoms with Gasteiger partial charge < -0.3 is 93.2 Å². The minimum atomic E-state index is -2.15. The molecule has 0 radical (unpaired) electrons. The van der Waals surface area contributed by atoms with E-state index >= 15 is 0 Å². The van der Waals surface area contributed by atoms with Gasteiger partial charge in [0.05, 0.1) is 38.1 Å². The predicted molar refractivity (Wildman–Crippen MR) is 196 cm³/mol. The summed E-state index contributed by atoms with van der Waals surface area (Å²) in [6, 6.07) is -0.742. The molecule has 0 bridgehead atoms. The van der Waals surface area contributed by atoms with Crippen LogP contribution in [0.2, 0.25) is 0 Å². The molecule has 0 fully saturated rings. The summed E-state index contributed by atoms with van der Waals surface area (Å²) in [6.45, 7) is 0.804. The lowest BCUT2D eigenvalue weighted by Gasteiger charge is -2.31. The van der Waals surface area contributed by atoms with Gasteiger partial charge in [-0.25, -0.2) is 0 Å². The van der Waals surface area contributed by atoms with E-state index in [9.17, 15) is 55.5 Å². The Morgan fingerprint density at radius 2 is 1.19 bits per heavy atom. The van der Waals surface area contributed by atoms with E-state index in [-0.39, 0.29) is 25.4 Å². The van der Waals surface area contributed by atoms with Crippen molar-refractivity contribution in [2.45, 2.75) is 112 Å². The predicted octanol–water partition coefficient (Wildman–Crippen LogP) is -7.69. The quantitative estimate of drug-likeness (QED) is 0.0209. The zero-order valence-electron chi connectivity index (χ0n) is 31.6. The Morgan fingerprint density at radius 3 is 1.70 bits per heavy atom. The smallest absolute Gasteiger partial charge is 0.267 e. The fourth-order valence-corrected chi connectivity index (χ4v) is 5.37. The van der Waals surface area contributed by atoms with Gasteiger partial charge in [0.15, 0.2) is 5.72 Å². The van der Waals surface area contributed by atoms with E-state index < -0.39 is 86.3 Å². The Bertz CT molecular complexity index is 967. The van der Waals surface area contributed by atoms with E-state index in [1.54, 1.807) is 7.11 Å². The van der Waals surface area contributed by atoms with Crippen LogP contribution < -0.4 is 32.7 Å².